The number of thiazole rings is 1. The summed E-state index contributed by atoms with van der Waals surface area (Å²) in [6.07, 6.45) is 5.12. The van der Waals surface area contributed by atoms with Gasteiger partial charge in [0, 0.05) is 12.1 Å². The van der Waals surface area contributed by atoms with Gasteiger partial charge < -0.3 is 10.0 Å². The molecule has 2 heterocycles. The van der Waals surface area contributed by atoms with E-state index in [1.807, 2.05) is 0 Å². The van der Waals surface area contributed by atoms with E-state index < -0.39 is 5.97 Å². The lowest BCUT2D eigenvalue weighted by Gasteiger charge is -2.27. The number of carboxylic acids is 1. The van der Waals surface area contributed by atoms with Gasteiger partial charge in [-0.25, -0.2) is 9.78 Å². The van der Waals surface area contributed by atoms with Crippen molar-refractivity contribution in [3.8, 4) is 0 Å². The average molecular weight is 282 g/mol. The molecule has 2 unspecified atom stereocenters. The Morgan fingerprint density at radius 2 is 2.21 bits per heavy atom. The zero-order valence-electron chi connectivity index (χ0n) is 11.8. The zero-order chi connectivity index (χ0) is 14.0. The number of hydrogen-bond donors (Lipinski definition) is 1. The number of anilines is 1. The molecule has 0 aliphatic carbocycles. The van der Waals surface area contributed by atoms with Crippen LogP contribution in [0.4, 0.5) is 5.13 Å². The van der Waals surface area contributed by atoms with Crippen LogP contribution in [0.1, 0.15) is 61.8 Å². The molecule has 19 heavy (non-hydrogen) atoms. The summed E-state index contributed by atoms with van der Waals surface area (Å²) in [6, 6.07) is 0.976. The van der Waals surface area contributed by atoms with Gasteiger partial charge in [-0.2, -0.15) is 0 Å². The number of carbonyl (C=O) groups is 1. The number of aromatic carboxylic acids is 1. The predicted octanol–water partition coefficient (Wildman–Crippen LogP) is 3.56. The first kappa shape index (κ1) is 14.3. The lowest BCUT2D eigenvalue weighted by Crippen LogP contribution is -2.33. The number of carboxylic acid groups (broad SMARTS) is 1. The second-order valence-corrected chi connectivity index (χ2v) is 6.20. The van der Waals surface area contributed by atoms with Gasteiger partial charge >= 0.3 is 5.97 Å². The highest BCUT2D eigenvalue weighted by molar-refractivity contribution is 7.17. The third kappa shape index (κ3) is 2.76. The minimum absolute atomic E-state index is 0.422. The predicted molar refractivity (Wildman–Crippen MR) is 78.3 cm³/mol. The van der Waals surface area contributed by atoms with Gasteiger partial charge in [-0.15, -0.1) is 0 Å². The molecule has 0 amide bonds. The lowest BCUT2D eigenvalue weighted by molar-refractivity contribution is 0.0700. The van der Waals surface area contributed by atoms with Crippen LogP contribution in [-0.2, 0) is 6.42 Å². The molecule has 1 aromatic heterocycles. The van der Waals surface area contributed by atoms with E-state index in [0.29, 0.717) is 17.0 Å². The second-order valence-electron chi connectivity index (χ2n) is 5.22. The van der Waals surface area contributed by atoms with Gasteiger partial charge in [-0.1, -0.05) is 31.6 Å². The molecule has 1 N–H and O–H groups in total. The molecule has 2 atom stereocenters. The van der Waals surface area contributed by atoms with Crippen molar-refractivity contribution in [2.24, 2.45) is 0 Å². The molecule has 0 spiro atoms. The van der Waals surface area contributed by atoms with Crippen molar-refractivity contribution < 1.29 is 9.90 Å². The fourth-order valence-corrected chi connectivity index (χ4v) is 3.97. The van der Waals surface area contributed by atoms with Gasteiger partial charge in [0.2, 0.25) is 0 Å². The maximum Gasteiger partial charge on any atom is 0.347 e. The molecule has 0 radical (unpaired) electrons. The first-order valence-electron chi connectivity index (χ1n) is 7.09. The van der Waals surface area contributed by atoms with Crippen molar-refractivity contribution in [1.82, 2.24) is 4.98 Å². The first-order valence-corrected chi connectivity index (χ1v) is 7.91. The number of nitrogens with zero attached hydrogens (tertiary/aromatic N) is 2. The topological polar surface area (TPSA) is 53.4 Å². The van der Waals surface area contributed by atoms with E-state index in [2.05, 4.69) is 30.7 Å². The van der Waals surface area contributed by atoms with E-state index in [1.165, 1.54) is 24.2 Å². The van der Waals surface area contributed by atoms with Crippen LogP contribution >= 0.6 is 11.3 Å². The molecule has 1 aliphatic heterocycles. The van der Waals surface area contributed by atoms with E-state index in [-0.39, 0.29) is 0 Å². The molecular formula is C14H22N2O2S. The molecule has 0 bridgehead atoms. The summed E-state index contributed by atoms with van der Waals surface area (Å²) in [7, 11) is 0. The summed E-state index contributed by atoms with van der Waals surface area (Å²) in [5.74, 6) is -0.841. The highest BCUT2D eigenvalue weighted by atomic mass is 32.1. The van der Waals surface area contributed by atoms with Gasteiger partial charge in [0.05, 0.1) is 5.69 Å². The summed E-state index contributed by atoms with van der Waals surface area (Å²) in [5, 5.41) is 10.2. The normalized spacial score (nSPS) is 23.0. The Hall–Kier alpha value is -1.10. The summed E-state index contributed by atoms with van der Waals surface area (Å²) >= 11 is 1.34. The van der Waals surface area contributed by atoms with Gasteiger partial charge in [0.15, 0.2) is 5.13 Å². The lowest BCUT2D eigenvalue weighted by atomic mass is 10.2. The number of aryl methyl sites for hydroxylation is 1. The van der Waals surface area contributed by atoms with Crippen molar-refractivity contribution in [3.63, 3.8) is 0 Å². The first-order chi connectivity index (χ1) is 9.08. The molecule has 1 saturated heterocycles. The molecule has 1 fully saturated rings. The van der Waals surface area contributed by atoms with Crippen molar-refractivity contribution >= 4 is 22.4 Å². The average Bonchev–Trinajstić information content (AvgIpc) is 2.93. The van der Waals surface area contributed by atoms with E-state index in [9.17, 15) is 9.90 Å². The van der Waals surface area contributed by atoms with Crippen molar-refractivity contribution in [2.75, 3.05) is 4.90 Å². The van der Waals surface area contributed by atoms with Gasteiger partial charge in [0.25, 0.3) is 0 Å². The van der Waals surface area contributed by atoms with Gasteiger partial charge in [-0.3, -0.25) is 0 Å². The highest BCUT2D eigenvalue weighted by Crippen LogP contribution is 2.36. The molecule has 1 aliphatic rings. The van der Waals surface area contributed by atoms with E-state index in [0.717, 1.165) is 30.1 Å². The molecule has 1 aromatic rings. The standard InChI is InChI=1S/C14H22N2O2S/c1-4-6-11-12(13(17)18)19-14(15-11)16-9(3)7-8-10(16)5-2/h9-10H,4-8H2,1-3H3,(H,17,18). The molecule has 2 rings (SSSR count). The molecule has 4 nitrogen and oxygen atoms in total. The van der Waals surface area contributed by atoms with Crippen LogP contribution in [0, 0.1) is 0 Å². The summed E-state index contributed by atoms with van der Waals surface area (Å²) in [4.78, 5) is 18.7. The smallest absolute Gasteiger partial charge is 0.347 e. The summed E-state index contributed by atoms with van der Waals surface area (Å²) in [6.45, 7) is 6.45. The minimum atomic E-state index is -0.841. The highest BCUT2D eigenvalue weighted by Gasteiger charge is 2.32. The maximum absolute atomic E-state index is 11.3. The molecule has 5 heteroatoms. The van der Waals surface area contributed by atoms with Crippen molar-refractivity contribution in [3.05, 3.63) is 10.6 Å². The van der Waals surface area contributed by atoms with Gasteiger partial charge in [0.1, 0.15) is 4.88 Å². The van der Waals surface area contributed by atoms with Crippen molar-refractivity contribution in [2.45, 2.75) is 65.0 Å². The van der Waals surface area contributed by atoms with E-state index >= 15 is 0 Å². The fourth-order valence-electron chi connectivity index (χ4n) is 2.84. The van der Waals surface area contributed by atoms with Gasteiger partial charge in [-0.05, 0) is 32.6 Å². The molecule has 0 saturated carbocycles. The SMILES string of the molecule is CCCc1nc(N2C(C)CCC2CC)sc1C(=O)O. The Kier molecular flexibility index (Phi) is 4.45. The Balaban J connectivity index is 2.34. The van der Waals surface area contributed by atoms with Crippen LogP contribution in [0.3, 0.4) is 0 Å². The summed E-state index contributed by atoms with van der Waals surface area (Å²) in [5.41, 5.74) is 0.754. The van der Waals surface area contributed by atoms with E-state index in [1.54, 1.807) is 0 Å². The quantitative estimate of drug-likeness (QED) is 0.897. The Bertz CT molecular complexity index is 458. The third-order valence-corrected chi connectivity index (χ3v) is 4.94. The van der Waals surface area contributed by atoms with Crippen LogP contribution in [0.2, 0.25) is 0 Å². The number of hydrogen-bond acceptors (Lipinski definition) is 4. The van der Waals surface area contributed by atoms with Crippen LogP contribution in [-0.4, -0.2) is 28.1 Å². The van der Waals surface area contributed by atoms with Crippen LogP contribution in [0.15, 0.2) is 0 Å². The van der Waals surface area contributed by atoms with Crippen LogP contribution < -0.4 is 4.90 Å². The number of rotatable bonds is 5. The number of aromatic nitrogens is 1. The molecule has 106 valence electrons. The second kappa shape index (κ2) is 5.90. The molecule has 0 aromatic carbocycles. The Morgan fingerprint density at radius 1 is 1.47 bits per heavy atom. The third-order valence-electron chi connectivity index (χ3n) is 3.85. The Morgan fingerprint density at radius 3 is 2.79 bits per heavy atom. The van der Waals surface area contributed by atoms with Crippen LogP contribution in [0.25, 0.3) is 0 Å². The Labute approximate surface area is 118 Å². The summed E-state index contributed by atoms with van der Waals surface area (Å²) < 4.78 is 0. The monoisotopic (exact) mass is 282 g/mol. The zero-order valence-corrected chi connectivity index (χ0v) is 12.7. The fraction of sp³-hybridized carbons (Fsp3) is 0.714. The minimum Gasteiger partial charge on any atom is -0.477 e. The molecular weight excluding hydrogens is 260 g/mol. The largest absolute Gasteiger partial charge is 0.477 e. The van der Waals surface area contributed by atoms with Crippen molar-refractivity contribution in [1.29, 1.82) is 0 Å². The van der Waals surface area contributed by atoms with Crippen LogP contribution in [0.5, 0.6) is 0 Å². The van der Waals surface area contributed by atoms with E-state index in [4.69, 9.17) is 0 Å². The maximum atomic E-state index is 11.3.